The van der Waals surface area contributed by atoms with E-state index in [-0.39, 0.29) is 11.5 Å². The number of nitrogens with one attached hydrogen (secondary N) is 1. The van der Waals surface area contributed by atoms with Gasteiger partial charge in [-0.05, 0) is 46.6 Å². The summed E-state index contributed by atoms with van der Waals surface area (Å²) in [7, 11) is 0. The Morgan fingerprint density at radius 1 is 1.38 bits per heavy atom. The van der Waals surface area contributed by atoms with Crippen molar-refractivity contribution in [3.05, 3.63) is 43.4 Å². The molecule has 2 heterocycles. The molecule has 2 rings (SSSR count). The maximum Gasteiger partial charge on any atom is 0.338 e. The predicted molar refractivity (Wildman–Crippen MR) is 90.3 cm³/mol. The Hall–Kier alpha value is -1.44. The van der Waals surface area contributed by atoms with E-state index in [0.29, 0.717) is 5.00 Å². The number of rotatable bonds is 5. The lowest BCUT2D eigenvalue weighted by molar-refractivity contribution is -0.111. The zero-order chi connectivity index (χ0) is 15.4. The molecule has 0 aromatic carbocycles. The van der Waals surface area contributed by atoms with Crippen LogP contribution in [-0.2, 0) is 11.2 Å². The molecular formula is C14H12BrNO3S2. The van der Waals surface area contributed by atoms with Crippen molar-refractivity contribution in [1.82, 2.24) is 0 Å². The lowest BCUT2D eigenvalue weighted by Crippen LogP contribution is -2.09. The van der Waals surface area contributed by atoms with Gasteiger partial charge in [0.2, 0.25) is 5.91 Å². The van der Waals surface area contributed by atoms with Gasteiger partial charge in [-0.15, -0.1) is 22.7 Å². The van der Waals surface area contributed by atoms with Gasteiger partial charge in [-0.2, -0.15) is 0 Å². The molecule has 0 aliphatic carbocycles. The van der Waals surface area contributed by atoms with Crippen LogP contribution in [0.1, 0.15) is 27.0 Å². The minimum atomic E-state index is -1.03. The molecule has 2 aromatic heterocycles. The number of hydrogen-bond donors (Lipinski definition) is 2. The molecule has 0 saturated heterocycles. The van der Waals surface area contributed by atoms with Crippen molar-refractivity contribution in [2.75, 3.05) is 5.32 Å². The fourth-order valence-electron chi connectivity index (χ4n) is 1.60. The Labute approximate surface area is 138 Å². The number of carboxylic acid groups (broad SMARTS) is 1. The van der Waals surface area contributed by atoms with Crippen LogP contribution in [0.15, 0.2) is 28.1 Å². The van der Waals surface area contributed by atoms with E-state index >= 15 is 0 Å². The summed E-state index contributed by atoms with van der Waals surface area (Å²) in [4.78, 5) is 24.9. The summed E-state index contributed by atoms with van der Waals surface area (Å²) in [6.07, 6.45) is 3.83. The van der Waals surface area contributed by atoms with Gasteiger partial charge in [0, 0.05) is 15.8 Å². The third-order valence-corrected chi connectivity index (χ3v) is 5.38. The Bertz CT molecular complexity index is 703. The first kappa shape index (κ1) is 15.9. The van der Waals surface area contributed by atoms with Crippen LogP contribution < -0.4 is 5.32 Å². The van der Waals surface area contributed by atoms with Gasteiger partial charge in [0.25, 0.3) is 0 Å². The molecule has 0 aliphatic rings. The number of carbonyl (C=O) groups excluding carboxylic acids is 1. The molecule has 110 valence electrons. The highest BCUT2D eigenvalue weighted by atomic mass is 79.9. The summed E-state index contributed by atoms with van der Waals surface area (Å²) in [6.45, 7) is 1.94. The molecule has 7 heteroatoms. The largest absolute Gasteiger partial charge is 0.478 e. The summed E-state index contributed by atoms with van der Waals surface area (Å²) < 4.78 is 0.988. The molecule has 0 saturated carbocycles. The minimum Gasteiger partial charge on any atom is -0.478 e. The monoisotopic (exact) mass is 385 g/mol. The summed E-state index contributed by atoms with van der Waals surface area (Å²) >= 11 is 6.15. The second kappa shape index (κ2) is 7.02. The van der Waals surface area contributed by atoms with E-state index in [1.807, 2.05) is 19.1 Å². The highest BCUT2D eigenvalue weighted by molar-refractivity contribution is 9.11. The highest BCUT2D eigenvalue weighted by Gasteiger charge is 2.15. The van der Waals surface area contributed by atoms with Crippen molar-refractivity contribution in [2.45, 2.75) is 13.3 Å². The molecule has 0 aliphatic heterocycles. The molecule has 2 aromatic rings. The van der Waals surface area contributed by atoms with E-state index in [1.165, 1.54) is 28.7 Å². The van der Waals surface area contributed by atoms with Gasteiger partial charge in [-0.1, -0.05) is 6.92 Å². The SMILES string of the molecule is CCc1cc(C(=O)O)c(NC(=O)C=Cc2ccc(Br)s2)s1. The van der Waals surface area contributed by atoms with Crippen LogP contribution in [0.2, 0.25) is 0 Å². The first-order valence-corrected chi connectivity index (χ1v) is 8.52. The standard InChI is InChI=1S/C14H12BrNO3S2/c1-2-8-7-10(14(18)19)13(21-8)16-12(17)6-4-9-3-5-11(15)20-9/h3-7H,2H2,1H3,(H,16,17)(H,18,19). The van der Waals surface area contributed by atoms with E-state index in [9.17, 15) is 9.59 Å². The van der Waals surface area contributed by atoms with Crippen LogP contribution in [0.25, 0.3) is 6.08 Å². The third-order valence-electron chi connectivity index (χ3n) is 2.59. The zero-order valence-corrected chi connectivity index (χ0v) is 14.3. The average Bonchev–Trinajstić information content (AvgIpc) is 3.02. The number of anilines is 1. The highest BCUT2D eigenvalue weighted by Crippen LogP contribution is 2.29. The van der Waals surface area contributed by atoms with Crippen molar-refractivity contribution >= 4 is 61.6 Å². The fraction of sp³-hybridized carbons (Fsp3) is 0.143. The molecule has 0 atom stereocenters. The maximum absolute atomic E-state index is 11.9. The van der Waals surface area contributed by atoms with Gasteiger partial charge in [0.05, 0.1) is 9.35 Å². The molecule has 0 unspecified atom stereocenters. The average molecular weight is 386 g/mol. The molecule has 4 nitrogen and oxygen atoms in total. The number of hydrogen-bond acceptors (Lipinski definition) is 4. The number of carboxylic acids is 1. The zero-order valence-electron chi connectivity index (χ0n) is 11.1. The molecule has 0 spiro atoms. The lowest BCUT2D eigenvalue weighted by Gasteiger charge is -1.99. The lowest BCUT2D eigenvalue weighted by atomic mass is 10.2. The van der Waals surface area contributed by atoms with Crippen LogP contribution >= 0.6 is 38.6 Å². The van der Waals surface area contributed by atoms with Crippen LogP contribution in [0.5, 0.6) is 0 Å². The van der Waals surface area contributed by atoms with Crippen molar-refractivity contribution in [2.24, 2.45) is 0 Å². The minimum absolute atomic E-state index is 0.137. The van der Waals surface area contributed by atoms with Gasteiger partial charge in [0.15, 0.2) is 0 Å². The van der Waals surface area contributed by atoms with Gasteiger partial charge in [-0.25, -0.2) is 4.79 Å². The molecule has 0 radical (unpaired) electrons. The second-order valence-electron chi connectivity index (χ2n) is 4.08. The molecular weight excluding hydrogens is 374 g/mol. The molecule has 1 amide bonds. The van der Waals surface area contributed by atoms with Crippen LogP contribution in [0.3, 0.4) is 0 Å². The Balaban J connectivity index is 2.10. The normalized spacial score (nSPS) is 11.0. The van der Waals surface area contributed by atoms with E-state index in [4.69, 9.17) is 5.11 Å². The van der Waals surface area contributed by atoms with Gasteiger partial charge >= 0.3 is 5.97 Å². The van der Waals surface area contributed by atoms with Gasteiger partial charge in [0.1, 0.15) is 5.00 Å². The predicted octanol–water partition coefficient (Wildman–Crippen LogP) is 4.48. The number of halogens is 1. The Morgan fingerprint density at radius 3 is 2.71 bits per heavy atom. The number of aromatic carboxylic acids is 1. The van der Waals surface area contributed by atoms with E-state index < -0.39 is 5.97 Å². The van der Waals surface area contributed by atoms with E-state index in [1.54, 1.807) is 12.1 Å². The molecule has 2 N–H and O–H groups in total. The summed E-state index contributed by atoms with van der Waals surface area (Å²) in [5, 5.41) is 12.1. The van der Waals surface area contributed by atoms with E-state index in [0.717, 1.165) is 20.0 Å². The number of aryl methyl sites for hydroxylation is 1. The van der Waals surface area contributed by atoms with E-state index in [2.05, 4.69) is 21.2 Å². The first-order chi connectivity index (χ1) is 9.99. The Morgan fingerprint density at radius 2 is 2.14 bits per heavy atom. The molecule has 21 heavy (non-hydrogen) atoms. The smallest absolute Gasteiger partial charge is 0.338 e. The number of carbonyl (C=O) groups is 2. The fourth-order valence-corrected chi connectivity index (χ4v) is 3.91. The quantitative estimate of drug-likeness (QED) is 0.745. The first-order valence-electron chi connectivity index (χ1n) is 6.10. The summed E-state index contributed by atoms with van der Waals surface area (Å²) in [6, 6.07) is 5.39. The van der Waals surface area contributed by atoms with Crippen LogP contribution in [0.4, 0.5) is 5.00 Å². The van der Waals surface area contributed by atoms with Crippen LogP contribution in [-0.4, -0.2) is 17.0 Å². The molecule has 0 bridgehead atoms. The van der Waals surface area contributed by atoms with Crippen molar-refractivity contribution in [3.63, 3.8) is 0 Å². The second-order valence-corrected chi connectivity index (χ2v) is 7.71. The molecule has 0 fully saturated rings. The number of amides is 1. The van der Waals surface area contributed by atoms with Gasteiger partial charge in [-0.3, -0.25) is 4.79 Å². The summed E-state index contributed by atoms with van der Waals surface area (Å²) in [5.41, 5.74) is 0.137. The third kappa shape index (κ3) is 4.26. The van der Waals surface area contributed by atoms with Crippen LogP contribution in [0, 0.1) is 0 Å². The van der Waals surface area contributed by atoms with Crippen molar-refractivity contribution < 1.29 is 14.7 Å². The Kier molecular flexibility index (Phi) is 5.33. The number of thiophene rings is 2. The maximum atomic E-state index is 11.9. The van der Waals surface area contributed by atoms with Crippen molar-refractivity contribution in [3.8, 4) is 0 Å². The van der Waals surface area contributed by atoms with Crippen molar-refractivity contribution in [1.29, 1.82) is 0 Å². The van der Waals surface area contributed by atoms with Gasteiger partial charge < -0.3 is 10.4 Å². The topological polar surface area (TPSA) is 66.4 Å². The summed E-state index contributed by atoms with van der Waals surface area (Å²) in [5.74, 6) is -1.38.